The number of nitrogens with zero attached hydrogens (tertiary/aromatic N) is 1. The lowest BCUT2D eigenvalue weighted by Gasteiger charge is -2.14. The maximum Gasteiger partial charge on any atom is 0.210 e. The fraction of sp³-hybridized carbons (Fsp3) is 0.800. The Morgan fingerprint density at radius 1 is 1.70 bits per heavy atom. The number of aliphatic hydroxyl groups is 1. The summed E-state index contributed by atoms with van der Waals surface area (Å²) in [5.41, 5.74) is 3.25. The Labute approximate surface area is 58.2 Å². The van der Waals surface area contributed by atoms with Crippen molar-refractivity contribution in [3.8, 4) is 0 Å². The molecule has 0 aliphatic heterocycles. The third-order valence-electron chi connectivity index (χ3n) is 1.16. The first-order valence-electron chi connectivity index (χ1n) is 2.89. The minimum atomic E-state index is -1.75. The van der Waals surface area contributed by atoms with Crippen molar-refractivity contribution in [1.82, 2.24) is 0 Å². The number of hydrogen-bond donors (Lipinski definition) is 2. The van der Waals surface area contributed by atoms with E-state index in [0.29, 0.717) is 6.29 Å². The van der Waals surface area contributed by atoms with Gasteiger partial charge in [0.15, 0.2) is 0 Å². The topological polar surface area (TPSA) is 92.8 Å². The Kier molecular flexibility index (Phi) is 3.75. The number of hydrogen-bond acceptors (Lipinski definition) is 5. The second kappa shape index (κ2) is 4.08. The maximum absolute atomic E-state index is 9.87. The van der Waals surface area contributed by atoms with E-state index in [1.165, 1.54) is 0 Å². The minimum absolute atomic E-state index is 0.00347. The molecule has 0 saturated heterocycles. The molecule has 0 amide bonds. The van der Waals surface area contributed by atoms with Gasteiger partial charge in [0.05, 0.1) is 0 Å². The van der Waals surface area contributed by atoms with Gasteiger partial charge in [-0.1, -0.05) is 0 Å². The molecular weight excluding hydrogens is 136 g/mol. The van der Waals surface area contributed by atoms with Crippen molar-refractivity contribution in [2.24, 2.45) is 10.9 Å². The van der Waals surface area contributed by atoms with E-state index >= 15 is 0 Å². The highest BCUT2D eigenvalue weighted by Gasteiger charge is 2.24. The van der Waals surface area contributed by atoms with Crippen LogP contribution in [0.15, 0.2) is 5.18 Å². The van der Waals surface area contributed by atoms with E-state index in [1.54, 1.807) is 0 Å². The summed E-state index contributed by atoms with van der Waals surface area (Å²) in [6.07, 6.45) is 0.696. The molecule has 3 N–H and O–H groups in total. The number of nitroso groups, excluding NO2 is 1. The number of carbonyl (C=O) groups is 1. The normalized spacial score (nSPS) is 15.8. The molecule has 5 nitrogen and oxygen atoms in total. The van der Waals surface area contributed by atoms with Gasteiger partial charge in [-0.25, -0.2) is 0 Å². The van der Waals surface area contributed by atoms with Gasteiger partial charge in [-0.3, -0.25) is 0 Å². The lowest BCUT2D eigenvalue weighted by Crippen LogP contribution is -2.35. The number of nitrogens with two attached hydrogens (primary N) is 1. The average Bonchev–Trinajstić information content (AvgIpc) is 2.00. The zero-order chi connectivity index (χ0) is 8.04. The van der Waals surface area contributed by atoms with E-state index in [9.17, 15) is 9.70 Å². The van der Waals surface area contributed by atoms with Gasteiger partial charge < -0.3 is 15.6 Å². The van der Waals surface area contributed by atoms with Crippen molar-refractivity contribution in [3.05, 3.63) is 4.91 Å². The SMILES string of the molecule is NCC(O)(CCC=O)N=O. The van der Waals surface area contributed by atoms with Crippen molar-refractivity contribution >= 4 is 6.29 Å². The molecule has 5 heteroatoms. The summed E-state index contributed by atoms with van der Waals surface area (Å²) < 4.78 is 0. The molecule has 0 heterocycles. The van der Waals surface area contributed by atoms with Gasteiger partial charge in [0.25, 0.3) is 0 Å². The fourth-order valence-electron chi connectivity index (χ4n) is 0.475. The highest BCUT2D eigenvalue weighted by atomic mass is 16.4. The third kappa shape index (κ3) is 2.65. The van der Waals surface area contributed by atoms with Crippen molar-refractivity contribution in [3.63, 3.8) is 0 Å². The minimum Gasteiger partial charge on any atom is -0.365 e. The molecule has 0 saturated carbocycles. The summed E-state index contributed by atoms with van der Waals surface area (Å²) in [4.78, 5) is 19.7. The van der Waals surface area contributed by atoms with Gasteiger partial charge in [0.2, 0.25) is 5.72 Å². The van der Waals surface area contributed by atoms with Crippen molar-refractivity contribution in [2.75, 3.05) is 6.54 Å². The van der Waals surface area contributed by atoms with Gasteiger partial charge in [-0.15, -0.1) is 4.91 Å². The van der Waals surface area contributed by atoms with E-state index < -0.39 is 5.72 Å². The molecule has 0 aliphatic rings. The van der Waals surface area contributed by atoms with Gasteiger partial charge in [-0.05, 0) is 5.18 Å². The second-order valence-corrected chi connectivity index (χ2v) is 1.98. The summed E-state index contributed by atoms with van der Waals surface area (Å²) in [7, 11) is 0. The first-order valence-corrected chi connectivity index (χ1v) is 2.89. The van der Waals surface area contributed by atoms with Crippen LogP contribution in [0.3, 0.4) is 0 Å². The van der Waals surface area contributed by atoms with Gasteiger partial charge in [-0.2, -0.15) is 0 Å². The van der Waals surface area contributed by atoms with Gasteiger partial charge in [0, 0.05) is 19.4 Å². The van der Waals surface area contributed by atoms with Gasteiger partial charge >= 0.3 is 0 Å². The van der Waals surface area contributed by atoms with Crippen LogP contribution in [0.1, 0.15) is 12.8 Å². The highest BCUT2D eigenvalue weighted by Crippen LogP contribution is 2.10. The summed E-state index contributed by atoms with van der Waals surface area (Å²) in [6.45, 7) is -0.246. The largest absolute Gasteiger partial charge is 0.365 e. The second-order valence-electron chi connectivity index (χ2n) is 1.98. The predicted molar refractivity (Wildman–Crippen MR) is 35.1 cm³/mol. The molecule has 0 radical (unpaired) electrons. The molecule has 0 aliphatic carbocycles. The number of rotatable bonds is 5. The summed E-state index contributed by atoms with van der Waals surface area (Å²) in [5, 5.41) is 11.4. The predicted octanol–water partition coefficient (Wildman–Crippen LogP) is -0.621. The van der Waals surface area contributed by atoms with E-state index in [1.807, 2.05) is 0 Å². The van der Waals surface area contributed by atoms with Crippen LogP contribution in [0.4, 0.5) is 0 Å². The maximum atomic E-state index is 9.87. The molecule has 58 valence electrons. The van der Waals surface area contributed by atoms with Crippen molar-refractivity contribution < 1.29 is 9.90 Å². The van der Waals surface area contributed by atoms with Crippen LogP contribution in [-0.2, 0) is 4.79 Å². The van der Waals surface area contributed by atoms with Crippen LogP contribution < -0.4 is 5.73 Å². The lowest BCUT2D eigenvalue weighted by molar-refractivity contribution is -0.109. The monoisotopic (exact) mass is 146 g/mol. The highest BCUT2D eigenvalue weighted by molar-refractivity contribution is 5.49. The van der Waals surface area contributed by atoms with Crippen LogP contribution in [0.25, 0.3) is 0 Å². The van der Waals surface area contributed by atoms with Crippen LogP contribution in [0, 0.1) is 4.91 Å². The zero-order valence-electron chi connectivity index (χ0n) is 5.49. The summed E-state index contributed by atoms with van der Waals surface area (Å²) in [5.74, 6) is 0. The molecule has 1 atom stereocenters. The molecule has 0 aromatic rings. The zero-order valence-corrected chi connectivity index (χ0v) is 5.49. The molecule has 0 aromatic heterocycles. The van der Waals surface area contributed by atoms with Crippen LogP contribution >= 0.6 is 0 Å². The van der Waals surface area contributed by atoms with E-state index in [0.717, 1.165) is 0 Å². The fourth-order valence-corrected chi connectivity index (χ4v) is 0.475. The lowest BCUT2D eigenvalue weighted by atomic mass is 10.1. The average molecular weight is 146 g/mol. The molecule has 0 aromatic carbocycles. The van der Waals surface area contributed by atoms with Crippen LogP contribution in [0.5, 0.6) is 0 Å². The molecule has 0 fully saturated rings. The first-order chi connectivity index (χ1) is 4.68. The Morgan fingerprint density at radius 3 is 2.60 bits per heavy atom. The standard InChI is InChI=1S/C5H10N2O3/c6-4-5(9,7-10)2-1-3-8/h3,9H,1-2,4,6H2. The smallest absolute Gasteiger partial charge is 0.210 e. The van der Waals surface area contributed by atoms with Crippen molar-refractivity contribution in [2.45, 2.75) is 18.6 Å². The van der Waals surface area contributed by atoms with Crippen molar-refractivity contribution in [1.29, 1.82) is 0 Å². The molecule has 0 spiro atoms. The summed E-state index contributed by atoms with van der Waals surface area (Å²) in [6, 6.07) is 0. The van der Waals surface area contributed by atoms with Crippen LogP contribution in [0.2, 0.25) is 0 Å². The number of aldehydes is 1. The quantitative estimate of drug-likeness (QED) is 0.399. The first kappa shape index (κ1) is 9.19. The van der Waals surface area contributed by atoms with E-state index in [-0.39, 0.29) is 19.4 Å². The Morgan fingerprint density at radius 2 is 2.30 bits per heavy atom. The van der Waals surface area contributed by atoms with E-state index in [4.69, 9.17) is 10.8 Å². The molecule has 0 bridgehead atoms. The van der Waals surface area contributed by atoms with Gasteiger partial charge in [0.1, 0.15) is 6.29 Å². The Hall–Kier alpha value is -0.810. The number of carbonyl (C=O) groups excluding carboxylic acids is 1. The van der Waals surface area contributed by atoms with E-state index in [2.05, 4.69) is 5.18 Å². The summed E-state index contributed by atoms with van der Waals surface area (Å²) >= 11 is 0. The third-order valence-corrected chi connectivity index (χ3v) is 1.16. The Bertz CT molecular complexity index is 128. The molecule has 1 unspecified atom stereocenters. The Balaban J connectivity index is 3.79. The molecule has 0 rings (SSSR count). The molecule has 10 heavy (non-hydrogen) atoms. The van der Waals surface area contributed by atoms with Crippen LogP contribution in [-0.4, -0.2) is 23.7 Å². The molecular formula is C5H10N2O3.